The fraction of sp³-hybridized carbons (Fsp3) is 0.591. The molecule has 1 fully saturated rings. The highest BCUT2D eigenvalue weighted by molar-refractivity contribution is 5.73. The van der Waals surface area contributed by atoms with E-state index in [0.29, 0.717) is 5.52 Å². The summed E-state index contributed by atoms with van der Waals surface area (Å²) in [6.07, 6.45) is -2.73. The van der Waals surface area contributed by atoms with Gasteiger partial charge in [-0.2, -0.15) is 10.4 Å². The highest BCUT2D eigenvalue weighted by Crippen LogP contribution is 2.42. The Balaban J connectivity index is 2.01. The summed E-state index contributed by atoms with van der Waals surface area (Å²) in [7, 11) is 0. The zero-order chi connectivity index (χ0) is 24.5. The van der Waals surface area contributed by atoms with Gasteiger partial charge in [0.2, 0.25) is 5.60 Å². The first-order valence-electron chi connectivity index (χ1n) is 10.8. The summed E-state index contributed by atoms with van der Waals surface area (Å²) in [5.74, 6) is -1.74. The summed E-state index contributed by atoms with van der Waals surface area (Å²) in [6, 6.07) is 5.13. The molecule has 11 heteroatoms. The van der Waals surface area contributed by atoms with Crippen molar-refractivity contribution in [2.24, 2.45) is 17.8 Å². The second kappa shape index (κ2) is 9.33. The number of fused-ring (bicyclic) bond motifs is 1. The van der Waals surface area contributed by atoms with Crippen LogP contribution in [0, 0.1) is 29.1 Å². The number of nitrogens with two attached hydrogens (primary N) is 1. The van der Waals surface area contributed by atoms with Gasteiger partial charge in [-0.15, -0.1) is 0 Å². The van der Waals surface area contributed by atoms with Crippen LogP contribution in [0.15, 0.2) is 18.5 Å². The summed E-state index contributed by atoms with van der Waals surface area (Å²) in [5.41, 5.74) is 4.52. The molecule has 33 heavy (non-hydrogen) atoms. The monoisotopic (exact) mass is 459 g/mol. The minimum atomic E-state index is -1.96. The number of carbonyl (C=O) groups excluding carboxylic acids is 2. The van der Waals surface area contributed by atoms with Crippen molar-refractivity contribution in [3.63, 3.8) is 0 Å². The molecular formula is C22H29N5O6. The normalized spacial score (nSPS) is 25.8. The molecule has 0 aliphatic carbocycles. The third-order valence-corrected chi connectivity index (χ3v) is 5.95. The Bertz CT molecular complexity index is 1080. The van der Waals surface area contributed by atoms with Crippen molar-refractivity contribution < 1.29 is 28.9 Å². The molecule has 1 saturated heterocycles. The van der Waals surface area contributed by atoms with Gasteiger partial charge in [-0.1, -0.05) is 34.6 Å². The summed E-state index contributed by atoms with van der Waals surface area (Å²) in [5, 5.41) is 25.5. The van der Waals surface area contributed by atoms with Gasteiger partial charge in [0.15, 0.2) is 11.9 Å². The summed E-state index contributed by atoms with van der Waals surface area (Å²) in [6.45, 7) is 8.47. The second-order valence-electron chi connectivity index (χ2n) is 8.83. The molecule has 0 bridgehead atoms. The van der Waals surface area contributed by atoms with E-state index in [2.05, 4.69) is 10.1 Å². The van der Waals surface area contributed by atoms with Gasteiger partial charge in [-0.25, -0.2) is 9.50 Å². The van der Waals surface area contributed by atoms with E-state index in [9.17, 15) is 20.0 Å². The number of nitrogen functional groups attached to an aromatic ring is 1. The SMILES string of the molecule is CC(C)C(=O)OC[C@H]1O[C@@](C#N)(c2ccc3c(N)ncnn23)[C@H](O)[C@@H]1OC(=O)[C@@H](C)C(C)C. The van der Waals surface area contributed by atoms with Crippen LogP contribution in [-0.4, -0.2) is 56.6 Å². The molecule has 0 radical (unpaired) electrons. The number of rotatable bonds is 7. The fourth-order valence-corrected chi connectivity index (χ4v) is 3.52. The van der Waals surface area contributed by atoms with Gasteiger partial charge >= 0.3 is 11.9 Å². The first kappa shape index (κ1) is 24.4. The number of esters is 2. The highest BCUT2D eigenvalue weighted by atomic mass is 16.6. The quantitative estimate of drug-likeness (QED) is 0.575. The van der Waals surface area contributed by atoms with Gasteiger partial charge in [0.05, 0.1) is 17.5 Å². The van der Waals surface area contributed by atoms with Gasteiger partial charge < -0.3 is 25.1 Å². The maximum atomic E-state index is 12.7. The summed E-state index contributed by atoms with van der Waals surface area (Å²) >= 11 is 0. The lowest BCUT2D eigenvalue weighted by Gasteiger charge is -2.25. The standard InChI is InChI=1S/C22H29N5O6/c1-11(2)13(5)21(30)32-17-15(8-31-20(29)12(3)4)33-22(9-23,18(17)28)16-7-6-14-19(24)25-10-26-27(14)16/h6-7,10-13,15,17-18,28H,8H2,1-5H3,(H2,24,25,26)/t13-,15+,17+,18+,22-/m0/s1. The maximum Gasteiger partial charge on any atom is 0.309 e. The molecule has 3 rings (SSSR count). The molecule has 1 aliphatic rings. The molecule has 0 unspecified atom stereocenters. The number of aliphatic hydroxyl groups is 1. The first-order valence-corrected chi connectivity index (χ1v) is 10.8. The number of hydrogen-bond acceptors (Lipinski definition) is 10. The van der Waals surface area contributed by atoms with Crippen LogP contribution in [-0.2, 0) is 29.4 Å². The average molecular weight is 460 g/mol. The van der Waals surface area contributed by atoms with Gasteiger partial charge in [-0.05, 0) is 18.1 Å². The van der Waals surface area contributed by atoms with Crippen LogP contribution in [0.4, 0.5) is 5.82 Å². The molecule has 2 aromatic heterocycles. The van der Waals surface area contributed by atoms with Crippen LogP contribution in [0.25, 0.3) is 5.52 Å². The lowest BCUT2D eigenvalue weighted by atomic mass is 9.92. The Morgan fingerprint density at radius 3 is 2.61 bits per heavy atom. The number of nitriles is 1. The van der Waals surface area contributed by atoms with E-state index >= 15 is 0 Å². The van der Waals surface area contributed by atoms with E-state index in [1.54, 1.807) is 26.8 Å². The van der Waals surface area contributed by atoms with E-state index < -0.39 is 47.7 Å². The van der Waals surface area contributed by atoms with Crippen molar-refractivity contribution in [3.05, 3.63) is 24.2 Å². The molecule has 0 spiro atoms. The molecule has 178 valence electrons. The molecule has 1 aliphatic heterocycles. The van der Waals surface area contributed by atoms with Crippen molar-refractivity contribution in [1.29, 1.82) is 5.26 Å². The minimum Gasteiger partial charge on any atom is -0.463 e. The van der Waals surface area contributed by atoms with E-state index in [-0.39, 0.29) is 24.0 Å². The Morgan fingerprint density at radius 2 is 2.00 bits per heavy atom. The molecule has 3 heterocycles. The summed E-state index contributed by atoms with van der Waals surface area (Å²) < 4.78 is 18.2. The number of ether oxygens (including phenoxy) is 3. The lowest BCUT2D eigenvalue weighted by molar-refractivity contribution is -0.165. The predicted octanol–water partition coefficient (Wildman–Crippen LogP) is 1.19. The van der Waals surface area contributed by atoms with Crippen LogP contribution < -0.4 is 5.73 Å². The van der Waals surface area contributed by atoms with Crippen molar-refractivity contribution in [3.8, 4) is 6.07 Å². The number of carbonyl (C=O) groups is 2. The van der Waals surface area contributed by atoms with Crippen LogP contribution >= 0.6 is 0 Å². The number of aliphatic hydroxyl groups excluding tert-OH is 1. The largest absolute Gasteiger partial charge is 0.463 e. The molecule has 3 N–H and O–H groups in total. The minimum absolute atomic E-state index is 0.0100. The molecule has 11 nitrogen and oxygen atoms in total. The van der Waals surface area contributed by atoms with Gasteiger partial charge in [-0.3, -0.25) is 9.59 Å². The fourth-order valence-electron chi connectivity index (χ4n) is 3.52. The van der Waals surface area contributed by atoms with Crippen molar-refractivity contribution in [2.45, 2.75) is 58.5 Å². The Labute approximate surface area is 191 Å². The van der Waals surface area contributed by atoms with Crippen LogP contribution in [0.1, 0.15) is 40.3 Å². The van der Waals surface area contributed by atoms with E-state index in [1.165, 1.54) is 16.9 Å². The van der Waals surface area contributed by atoms with Gasteiger partial charge in [0.25, 0.3) is 0 Å². The first-order chi connectivity index (χ1) is 15.5. The topological polar surface area (TPSA) is 162 Å². The van der Waals surface area contributed by atoms with E-state index in [1.807, 2.05) is 19.9 Å². The average Bonchev–Trinajstić information content (AvgIpc) is 3.32. The van der Waals surface area contributed by atoms with Gasteiger partial charge in [0.1, 0.15) is 36.7 Å². The molecule has 5 atom stereocenters. The van der Waals surface area contributed by atoms with Crippen molar-refractivity contribution >= 4 is 23.3 Å². The van der Waals surface area contributed by atoms with Gasteiger partial charge in [0, 0.05) is 0 Å². The lowest BCUT2D eigenvalue weighted by Crippen LogP contribution is -2.44. The molecule has 0 amide bonds. The second-order valence-corrected chi connectivity index (χ2v) is 8.83. The molecule has 0 saturated carbocycles. The Kier molecular flexibility index (Phi) is 6.90. The maximum absolute atomic E-state index is 12.7. The Morgan fingerprint density at radius 1 is 1.30 bits per heavy atom. The third kappa shape index (κ3) is 4.36. The molecular weight excluding hydrogens is 430 g/mol. The van der Waals surface area contributed by atoms with Crippen LogP contribution in [0.2, 0.25) is 0 Å². The highest BCUT2D eigenvalue weighted by Gasteiger charge is 2.60. The number of nitrogens with zero attached hydrogens (tertiary/aromatic N) is 4. The zero-order valence-electron chi connectivity index (χ0n) is 19.3. The van der Waals surface area contributed by atoms with Crippen molar-refractivity contribution in [2.75, 3.05) is 12.3 Å². The molecule has 2 aromatic rings. The molecule has 0 aromatic carbocycles. The van der Waals surface area contributed by atoms with E-state index in [4.69, 9.17) is 19.9 Å². The van der Waals surface area contributed by atoms with E-state index in [0.717, 1.165) is 0 Å². The number of hydrogen-bond donors (Lipinski definition) is 2. The summed E-state index contributed by atoms with van der Waals surface area (Å²) in [4.78, 5) is 28.6. The van der Waals surface area contributed by atoms with Crippen LogP contribution in [0.5, 0.6) is 0 Å². The van der Waals surface area contributed by atoms with Crippen LogP contribution in [0.3, 0.4) is 0 Å². The third-order valence-electron chi connectivity index (χ3n) is 5.95. The zero-order valence-corrected chi connectivity index (χ0v) is 19.3. The predicted molar refractivity (Wildman–Crippen MR) is 115 cm³/mol. The smallest absolute Gasteiger partial charge is 0.309 e. The number of anilines is 1. The number of aromatic nitrogens is 3. The Hall–Kier alpha value is -3.23. The van der Waals surface area contributed by atoms with Crippen molar-refractivity contribution in [1.82, 2.24) is 14.6 Å².